The van der Waals surface area contributed by atoms with Crippen LogP contribution in [0, 0.1) is 0 Å². The Morgan fingerprint density at radius 3 is 2.48 bits per heavy atom. The first-order valence-corrected chi connectivity index (χ1v) is 9.83. The van der Waals surface area contributed by atoms with Crippen molar-refractivity contribution in [2.24, 2.45) is 10.7 Å². The monoisotopic (exact) mass is 350 g/mol. The normalized spacial score (nSPS) is 19.7. The molecule has 5 nitrogen and oxygen atoms in total. The Morgan fingerprint density at radius 2 is 1.84 bits per heavy atom. The smallest absolute Gasteiger partial charge is 0.360 e. The molecule has 0 saturated heterocycles. The van der Waals surface area contributed by atoms with Gasteiger partial charge in [-0.25, -0.2) is 14.3 Å². The minimum atomic E-state index is -0.804. The Labute approximate surface area is 152 Å². The molecule has 142 valence electrons. The Balaban J connectivity index is 2.16. The van der Waals surface area contributed by atoms with Gasteiger partial charge in [0.2, 0.25) is 5.84 Å². The number of aliphatic imine (C=N–C) groups is 1. The van der Waals surface area contributed by atoms with Crippen LogP contribution in [0.25, 0.3) is 0 Å². The van der Waals surface area contributed by atoms with Crippen LogP contribution in [0.4, 0.5) is 0 Å². The zero-order valence-corrected chi connectivity index (χ0v) is 15.8. The van der Waals surface area contributed by atoms with Crippen molar-refractivity contribution in [1.29, 1.82) is 0 Å². The first-order valence-electron chi connectivity index (χ1n) is 9.83. The number of hydrogen-bond donors (Lipinski definition) is 2. The van der Waals surface area contributed by atoms with E-state index < -0.39 is 5.97 Å². The molecule has 1 aliphatic heterocycles. The molecule has 0 aromatic heterocycles. The fourth-order valence-corrected chi connectivity index (χ4v) is 3.35. The standard InChI is InChI=1S/C20H35N3O2/c1-2-3-4-5-6-7-8-9-10-11-12-13-19-22-15-17-23(19,16-14-21)18-20(24)25/h3-4,15,17H,2,5-14,16,18,21H2,1H3/p+1/b4-3+. The molecular weight excluding hydrogens is 314 g/mol. The van der Waals surface area contributed by atoms with Gasteiger partial charge in [-0.3, -0.25) is 0 Å². The Morgan fingerprint density at radius 1 is 1.16 bits per heavy atom. The molecule has 25 heavy (non-hydrogen) atoms. The molecule has 0 aromatic rings. The summed E-state index contributed by atoms with van der Waals surface area (Å²) in [5.74, 6) is 0.150. The molecule has 1 heterocycles. The van der Waals surface area contributed by atoms with Gasteiger partial charge < -0.3 is 10.8 Å². The second-order valence-corrected chi connectivity index (χ2v) is 6.83. The van der Waals surface area contributed by atoms with Crippen LogP contribution in [-0.2, 0) is 4.79 Å². The fourth-order valence-electron chi connectivity index (χ4n) is 3.35. The van der Waals surface area contributed by atoms with Crippen LogP contribution in [0.15, 0.2) is 29.5 Å². The van der Waals surface area contributed by atoms with Gasteiger partial charge in [0.1, 0.15) is 12.7 Å². The first-order chi connectivity index (χ1) is 12.1. The van der Waals surface area contributed by atoms with Crippen molar-refractivity contribution in [1.82, 2.24) is 0 Å². The van der Waals surface area contributed by atoms with Gasteiger partial charge in [0.05, 0.1) is 6.20 Å². The number of hydrogen-bond acceptors (Lipinski definition) is 3. The van der Waals surface area contributed by atoms with Gasteiger partial charge in [0.25, 0.3) is 0 Å². The molecule has 1 rings (SSSR count). The van der Waals surface area contributed by atoms with Gasteiger partial charge in [0.15, 0.2) is 6.54 Å². The predicted molar refractivity (Wildman–Crippen MR) is 104 cm³/mol. The highest BCUT2D eigenvalue weighted by molar-refractivity contribution is 5.81. The summed E-state index contributed by atoms with van der Waals surface area (Å²) in [6.45, 7) is 3.28. The third-order valence-corrected chi connectivity index (χ3v) is 4.71. The topological polar surface area (TPSA) is 75.7 Å². The number of rotatable bonds is 15. The van der Waals surface area contributed by atoms with Gasteiger partial charge >= 0.3 is 5.97 Å². The van der Waals surface area contributed by atoms with E-state index in [-0.39, 0.29) is 6.54 Å². The summed E-state index contributed by atoms with van der Waals surface area (Å²) in [5.41, 5.74) is 5.69. The lowest BCUT2D eigenvalue weighted by molar-refractivity contribution is -0.778. The number of aliphatic carboxylic acids is 1. The SMILES string of the molecule is CC/C=C/CCCCCCCCCC1=NC=C[N+]1(CCN)CC(=O)O. The highest BCUT2D eigenvalue weighted by Crippen LogP contribution is 2.21. The van der Waals surface area contributed by atoms with Gasteiger partial charge in [0, 0.05) is 13.0 Å². The van der Waals surface area contributed by atoms with Crippen LogP contribution in [0.2, 0.25) is 0 Å². The van der Waals surface area contributed by atoms with Gasteiger partial charge in [-0.05, 0) is 25.7 Å². The highest BCUT2D eigenvalue weighted by Gasteiger charge is 2.36. The van der Waals surface area contributed by atoms with Crippen molar-refractivity contribution >= 4 is 11.8 Å². The quantitative estimate of drug-likeness (QED) is 0.264. The fraction of sp³-hybridized carbons (Fsp3) is 0.700. The predicted octanol–water partition coefficient (Wildman–Crippen LogP) is 4.21. The van der Waals surface area contributed by atoms with Crippen molar-refractivity contribution in [3.05, 3.63) is 24.6 Å². The molecule has 1 atom stereocenters. The van der Waals surface area contributed by atoms with Crippen molar-refractivity contribution < 1.29 is 14.4 Å². The zero-order chi connectivity index (χ0) is 18.4. The summed E-state index contributed by atoms with van der Waals surface area (Å²) in [5, 5.41) is 9.19. The molecule has 1 unspecified atom stereocenters. The van der Waals surface area contributed by atoms with Crippen LogP contribution >= 0.6 is 0 Å². The summed E-state index contributed by atoms with van der Waals surface area (Å²) in [4.78, 5) is 15.6. The second kappa shape index (κ2) is 12.8. The number of carbonyl (C=O) groups is 1. The Hall–Kier alpha value is -1.46. The van der Waals surface area contributed by atoms with E-state index in [9.17, 15) is 9.90 Å². The van der Waals surface area contributed by atoms with Gasteiger partial charge in [-0.2, -0.15) is 0 Å². The van der Waals surface area contributed by atoms with E-state index in [2.05, 4.69) is 24.1 Å². The van der Waals surface area contributed by atoms with Crippen molar-refractivity contribution in [3.8, 4) is 0 Å². The largest absolute Gasteiger partial charge is 0.477 e. The van der Waals surface area contributed by atoms with Crippen LogP contribution < -0.4 is 5.73 Å². The number of nitrogens with zero attached hydrogens (tertiary/aromatic N) is 2. The van der Waals surface area contributed by atoms with E-state index in [0.717, 1.165) is 25.1 Å². The lowest BCUT2D eigenvalue weighted by atomic mass is 10.1. The molecule has 0 fully saturated rings. The maximum atomic E-state index is 11.2. The highest BCUT2D eigenvalue weighted by atomic mass is 16.4. The van der Waals surface area contributed by atoms with Crippen LogP contribution in [0.3, 0.4) is 0 Å². The second-order valence-electron chi connectivity index (χ2n) is 6.83. The molecule has 5 heteroatoms. The van der Waals surface area contributed by atoms with Crippen molar-refractivity contribution in [2.75, 3.05) is 19.6 Å². The maximum Gasteiger partial charge on any atom is 0.360 e. The van der Waals surface area contributed by atoms with E-state index >= 15 is 0 Å². The number of quaternary nitrogens is 1. The molecular formula is C20H36N3O2+. The minimum Gasteiger partial charge on any atom is -0.477 e. The molecule has 1 aliphatic rings. The number of allylic oxidation sites excluding steroid dienone is 2. The Kier molecular flexibility index (Phi) is 11.1. The van der Waals surface area contributed by atoms with E-state index in [4.69, 9.17) is 5.73 Å². The van der Waals surface area contributed by atoms with E-state index in [1.54, 1.807) is 6.20 Å². The zero-order valence-electron chi connectivity index (χ0n) is 15.8. The van der Waals surface area contributed by atoms with Gasteiger partial charge in [-0.15, -0.1) is 0 Å². The molecule has 0 amide bonds. The maximum absolute atomic E-state index is 11.2. The van der Waals surface area contributed by atoms with Gasteiger partial charge in [-0.1, -0.05) is 51.2 Å². The van der Waals surface area contributed by atoms with Crippen LogP contribution in [-0.4, -0.2) is 41.0 Å². The summed E-state index contributed by atoms with van der Waals surface area (Å²) < 4.78 is 0.303. The van der Waals surface area contributed by atoms with Crippen LogP contribution in [0.1, 0.15) is 71.1 Å². The van der Waals surface area contributed by atoms with Crippen LogP contribution in [0.5, 0.6) is 0 Å². The number of amidine groups is 1. The average Bonchev–Trinajstić information content (AvgIpc) is 2.94. The average molecular weight is 351 g/mol. The molecule has 0 saturated carbocycles. The number of unbranched alkanes of at least 4 members (excludes halogenated alkanes) is 7. The summed E-state index contributed by atoms with van der Waals surface area (Å²) in [6, 6.07) is 0. The number of nitrogens with two attached hydrogens (primary N) is 1. The summed E-state index contributed by atoms with van der Waals surface area (Å²) in [6.07, 6.45) is 20.1. The number of carboxylic acid groups (broad SMARTS) is 1. The molecule has 0 radical (unpaired) electrons. The third-order valence-electron chi connectivity index (χ3n) is 4.71. The summed E-state index contributed by atoms with van der Waals surface area (Å²) in [7, 11) is 0. The number of carboxylic acids is 1. The minimum absolute atomic E-state index is 0.0407. The van der Waals surface area contributed by atoms with Crippen molar-refractivity contribution in [2.45, 2.75) is 71.1 Å². The van der Waals surface area contributed by atoms with Crippen molar-refractivity contribution in [3.63, 3.8) is 0 Å². The first kappa shape index (κ1) is 21.6. The van der Waals surface area contributed by atoms with E-state index in [1.165, 1.54) is 44.9 Å². The molecule has 3 N–H and O–H groups in total. The lowest BCUT2D eigenvalue weighted by Gasteiger charge is -2.30. The molecule has 0 spiro atoms. The molecule has 0 bridgehead atoms. The lowest BCUT2D eigenvalue weighted by Crippen LogP contribution is -2.52. The molecule has 0 aromatic carbocycles. The Bertz CT molecular complexity index is 472. The third kappa shape index (κ3) is 8.45. The van der Waals surface area contributed by atoms with E-state index in [1.807, 2.05) is 6.20 Å². The summed E-state index contributed by atoms with van der Waals surface area (Å²) >= 11 is 0. The molecule has 0 aliphatic carbocycles. The van der Waals surface area contributed by atoms with E-state index in [0.29, 0.717) is 17.6 Å².